The zero-order valence-corrected chi connectivity index (χ0v) is 18.6. The molecule has 0 aliphatic heterocycles. The zero-order chi connectivity index (χ0) is 22.0. The summed E-state index contributed by atoms with van der Waals surface area (Å²) in [5.41, 5.74) is 2.99. The molecule has 3 rings (SSSR count). The molecule has 0 aliphatic carbocycles. The molecule has 1 unspecified atom stereocenters. The molecule has 3 aromatic rings. The van der Waals surface area contributed by atoms with Gasteiger partial charge in [0.25, 0.3) is 11.5 Å². The second-order valence-electron chi connectivity index (χ2n) is 7.31. The molecule has 0 bridgehead atoms. The van der Waals surface area contributed by atoms with Gasteiger partial charge in [-0.2, -0.15) is 0 Å². The van der Waals surface area contributed by atoms with Crippen LogP contribution in [0.5, 0.6) is 0 Å². The molecule has 1 N–H and O–H groups in total. The van der Waals surface area contributed by atoms with Crippen LogP contribution in [-0.2, 0) is 9.53 Å². The van der Waals surface area contributed by atoms with Crippen molar-refractivity contribution in [2.45, 2.75) is 47.1 Å². The van der Waals surface area contributed by atoms with Gasteiger partial charge in [-0.3, -0.25) is 14.2 Å². The highest BCUT2D eigenvalue weighted by molar-refractivity contribution is 7.20. The molecular weight excluding hydrogens is 402 g/mol. The van der Waals surface area contributed by atoms with Gasteiger partial charge in [0, 0.05) is 5.69 Å². The number of carbonyl (C=O) groups is 2. The van der Waals surface area contributed by atoms with Gasteiger partial charge in [-0.25, -0.2) is 9.78 Å². The summed E-state index contributed by atoms with van der Waals surface area (Å²) in [6.45, 7) is 9.45. The SMILES string of the molecule is CCCOC(=O)C(C)n1cnc2sc(C(=O)Nc3ccc(C)cc3C)c(C)c2c1=O. The molecule has 158 valence electrons. The van der Waals surface area contributed by atoms with Crippen LogP contribution in [0.2, 0.25) is 0 Å². The summed E-state index contributed by atoms with van der Waals surface area (Å²) in [4.78, 5) is 43.3. The number of nitrogens with zero attached hydrogens (tertiary/aromatic N) is 2. The Morgan fingerprint density at radius 2 is 2.00 bits per heavy atom. The van der Waals surface area contributed by atoms with Crippen molar-refractivity contribution in [1.82, 2.24) is 9.55 Å². The zero-order valence-electron chi connectivity index (χ0n) is 17.7. The molecule has 1 amide bonds. The average Bonchev–Trinajstić information content (AvgIpc) is 3.05. The average molecular weight is 428 g/mol. The van der Waals surface area contributed by atoms with Crippen LogP contribution in [0.25, 0.3) is 10.2 Å². The molecule has 1 aromatic carbocycles. The summed E-state index contributed by atoms with van der Waals surface area (Å²) >= 11 is 1.16. The van der Waals surface area contributed by atoms with E-state index in [1.807, 2.05) is 39.0 Å². The van der Waals surface area contributed by atoms with Crippen LogP contribution in [0.3, 0.4) is 0 Å². The van der Waals surface area contributed by atoms with Gasteiger partial charge in [-0.1, -0.05) is 24.6 Å². The maximum absolute atomic E-state index is 13.0. The highest BCUT2D eigenvalue weighted by Crippen LogP contribution is 2.28. The van der Waals surface area contributed by atoms with Gasteiger partial charge in [-0.05, 0) is 51.3 Å². The lowest BCUT2D eigenvalue weighted by molar-refractivity contribution is -0.147. The van der Waals surface area contributed by atoms with E-state index in [1.54, 1.807) is 13.8 Å². The number of hydrogen-bond donors (Lipinski definition) is 1. The largest absolute Gasteiger partial charge is 0.464 e. The van der Waals surface area contributed by atoms with Crippen LogP contribution >= 0.6 is 11.3 Å². The standard InChI is InChI=1S/C22H25N3O4S/c1-6-9-29-22(28)15(5)25-11-23-20-17(21(25)27)14(4)18(30-20)19(26)24-16-8-7-12(2)10-13(16)3/h7-8,10-11,15H,6,9H2,1-5H3,(H,24,26). The molecule has 2 heterocycles. The molecule has 30 heavy (non-hydrogen) atoms. The van der Waals surface area contributed by atoms with E-state index in [1.165, 1.54) is 10.9 Å². The van der Waals surface area contributed by atoms with Gasteiger partial charge >= 0.3 is 5.97 Å². The number of benzene rings is 1. The van der Waals surface area contributed by atoms with E-state index in [-0.39, 0.29) is 11.5 Å². The monoisotopic (exact) mass is 427 g/mol. The molecular formula is C22H25N3O4S. The lowest BCUT2D eigenvalue weighted by Crippen LogP contribution is -2.29. The van der Waals surface area contributed by atoms with Gasteiger partial charge in [0.1, 0.15) is 10.9 Å². The molecule has 0 saturated carbocycles. The molecule has 7 nitrogen and oxygen atoms in total. The van der Waals surface area contributed by atoms with Crippen molar-refractivity contribution in [2.24, 2.45) is 0 Å². The van der Waals surface area contributed by atoms with Crippen LogP contribution < -0.4 is 10.9 Å². The Bertz CT molecular complexity index is 1180. The van der Waals surface area contributed by atoms with Crippen LogP contribution in [0.15, 0.2) is 29.3 Å². The summed E-state index contributed by atoms with van der Waals surface area (Å²) in [6.07, 6.45) is 2.04. The molecule has 8 heteroatoms. The Morgan fingerprint density at radius 1 is 1.27 bits per heavy atom. The first-order valence-corrected chi connectivity index (χ1v) is 10.6. The lowest BCUT2D eigenvalue weighted by atomic mass is 10.1. The number of anilines is 1. The number of thiophene rings is 1. The van der Waals surface area contributed by atoms with E-state index in [0.717, 1.165) is 28.2 Å². The first kappa shape index (κ1) is 21.7. The molecule has 2 aromatic heterocycles. The molecule has 0 saturated heterocycles. The quantitative estimate of drug-likeness (QED) is 0.597. The third-order valence-corrected chi connectivity index (χ3v) is 6.12. The number of fused-ring (bicyclic) bond motifs is 1. The smallest absolute Gasteiger partial charge is 0.328 e. The summed E-state index contributed by atoms with van der Waals surface area (Å²) in [5, 5.41) is 3.26. The van der Waals surface area contributed by atoms with Crippen LogP contribution in [0, 0.1) is 20.8 Å². The molecule has 0 spiro atoms. The minimum Gasteiger partial charge on any atom is -0.464 e. The summed E-state index contributed by atoms with van der Waals surface area (Å²) in [5.74, 6) is -0.774. The number of amides is 1. The van der Waals surface area contributed by atoms with Gasteiger partial charge in [0.15, 0.2) is 0 Å². The van der Waals surface area contributed by atoms with Crippen LogP contribution in [0.1, 0.15) is 52.7 Å². The Balaban J connectivity index is 1.96. The third kappa shape index (κ3) is 4.14. The summed E-state index contributed by atoms with van der Waals surface area (Å²) < 4.78 is 6.40. The van der Waals surface area contributed by atoms with Gasteiger partial charge in [0.2, 0.25) is 0 Å². The first-order chi connectivity index (χ1) is 14.2. The minimum atomic E-state index is -0.798. The number of aromatic nitrogens is 2. The van der Waals surface area contributed by atoms with Crippen molar-refractivity contribution in [3.8, 4) is 0 Å². The maximum Gasteiger partial charge on any atom is 0.328 e. The van der Waals surface area contributed by atoms with E-state index in [2.05, 4.69) is 10.3 Å². The lowest BCUT2D eigenvalue weighted by Gasteiger charge is -2.13. The predicted molar refractivity (Wildman–Crippen MR) is 118 cm³/mol. The highest BCUT2D eigenvalue weighted by atomic mass is 32.1. The molecule has 0 aliphatic rings. The van der Waals surface area contributed by atoms with Crippen LogP contribution in [-0.4, -0.2) is 28.0 Å². The first-order valence-electron chi connectivity index (χ1n) is 9.80. The fraction of sp³-hybridized carbons (Fsp3) is 0.364. The topological polar surface area (TPSA) is 90.3 Å². The van der Waals surface area contributed by atoms with E-state index < -0.39 is 12.0 Å². The second kappa shape index (κ2) is 8.79. The number of nitrogens with one attached hydrogen (secondary N) is 1. The number of esters is 1. The maximum atomic E-state index is 13.0. The Hall–Kier alpha value is -3.00. The summed E-state index contributed by atoms with van der Waals surface area (Å²) in [6, 6.07) is 4.99. The molecule has 1 atom stereocenters. The normalized spacial score (nSPS) is 12.0. The Labute approximate surface area is 178 Å². The Kier molecular flexibility index (Phi) is 6.36. The van der Waals surface area contributed by atoms with Crippen molar-refractivity contribution in [3.05, 3.63) is 56.4 Å². The van der Waals surface area contributed by atoms with Gasteiger partial charge in [-0.15, -0.1) is 11.3 Å². The molecule has 0 fully saturated rings. The fourth-order valence-electron chi connectivity index (χ4n) is 3.20. The summed E-state index contributed by atoms with van der Waals surface area (Å²) in [7, 11) is 0. The highest BCUT2D eigenvalue weighted by Gasteiger charge is 2.23. The number of rotatable bonds is 6. The molecule has 0 radical (unpaired) electrons. The van der Waals surface area contributed by atoms with Gasteiger partial charge < -0.3 is 10.1 Å². The van der Waals surface area contributed by atoms with Crippen molar-refractivity contribution in [2.75, 3.05) is 11.9 Å². The number of hydrogen-bond acceptors (Lipinski definition) is 6. The Morgan fingerprint density at radius 3 is 2.67 bits per heavy atom. The van der Waals surface area contributed by atoms with E-state index in [4.69, 9.17) is 4.74 Å². The second-order valence-corrected chi connectivity index (χ2v) is 8.31. The van der Waals surface area contributed by atoms with E-state index in [9.17, 15) is 14.4 Å². The predicted octanol–water partition coefficient (Wildman–Crippen LogP) is 4.15. The fourth-order valence-corrected chi connectivity index (χ4v) is 4.23. The van der Waals surface area contributed by atoms with Crippen LogP contribution in [0.4, 0.5) is 5.69 Å². The third-order valence-electron chi connectivity index (χ3n) is 4.92. The van der Waals surface area contributed by atoms with Crippen molar-refractivity contribution in [1.29, 1.82) is 0 Å². The van der Waals surface area contributed by atoms with E-state index >= 15 is 0 Å². The van der Waals surface area contributed by atoms with Crippen molar-refractivity contribution < 1.29 is 14.3 Å². The number of aryl methyl sites for hydroxylation is 3. The van der Waals surface area contributed by atoms with E-state index in [0.29, 0.717) is 33.7 Å². The van der Waals surface area contributed by atoms with Gasteiger partial charge in [0.05, 0.1) is 23.2 Å². The number of ether oxygens (including phenoxy) is 1. The van der Waals surface area contributed by atoms with Crippen molar-refractivity contribution in [3.63, 3.8) is 0 Å². The number of carbonyl (C=O) groups excluding carboxylic acids is 2. The van der Waals surface area contributed by atoms with Crippen molar-refractivity contribution >= 4 is 39.1 Å². The minimum absolute atomic E-state index is 0.288.